The highest BCUT2D eigenvalue weighted by Gasteiger charge is 2.32. The van der Waals surface area contributed by atoms with Crippen LogP contribution in [0.5, 0.6) is 0 Å². The summed E-state index contributed by atoms with van der Waals surface area (Å²) in [6.45, 7) is 2.08. The van der Waals surface area contributed by atoms with Gasteiger partial charge in [-0.15, -0.1) is 17.5 Å². The highest BCUT2D eigenvalue weighted by Crippen LogP contribution is 2.34. The molecule has 2 heterocycles. The summed E-state index contributed by atoms with van der Waals surface area (Å²) in [5.41, 5.74) is 1.07. The van der Waals surface area contributed by atoms with Gasteiger partial charge in [0.15, 0.2) is 5.82 Å². The lowest BCUT2D eigenvalue weighted by atomic mass is 9.95. The fourth-order valence-electron chi connectivity index (χ4n) is 4.13. The molecule has 0 bridgehead atoms. The van der Waals surface area contributed by atoms with Gasteiger partial charge in [0.2, 0.25) is 0 Å². The maximum Gasteiger partial charge on any atom is 0.173 e. The Hall–Kier alpha value is -1.53. The molecule has 2 aliphatic rings. The average Bonchev–Trinajstić information content (AvgIpc) is 3.30. The van der Waals surface area contributed by atoms with E-state index in [9.17, 15) is 4.39 Å². The minimum absolute atomic E-state index is 0. The van der Waals surface area contributed by atoms with Gasteiger partial charge in [0, 0.05) is 0 Å². The van der Waals surface area contributed by atoms with E-state index < -0.39 is 0 Å². The average molecular weight is 366 g/mol. The van der Waals surface area contributed by atoms with Crippen LogP contribution in [0.3, 0.4) is 0 Å². The van der Waals surface area contributed by atoms with Crippen LogP contribution in [0, 0.1) is 5.82 Å². The molecule has 2 aromatic rings. The van der Waals surface area contributed by atoms with Gasteiger partial charge in [-0.2, -0.15) is 0 Å². The van der Waals surface area contributed by atoms with Gasteiger partial charge in [-0.1, -0.05) is 31.4 Å². The molecular formula is C18H25ClFN5. The SMILES string of the molecule is Cl.Fc1ccc(C(c2nnnn2C2CCCCC2)N2CCCC2)cc1. The van der Waals surface area contributed by atoms with Gasteiger partial charge in [0.1, 0.15) is 5.82 Å². The summed E-state index contributed by atoms with van der Waals surface area (Å²) in [4.78, 5) is 2.43. The maximum atomic E-state index is 13.4. The number of tetrazole rings is 1. The Morgan fingerprint density at radius 2 is 1.64 bits per heavy atom. The monoisotopic (exact) mass is 365 g/mol. The molecule has 1 aromatic carbocycles. The number of likely N-dealkylation sites (tertiary alicyclic amines) is 1. The summed E-state index contributed by atoms with van der Waals surface area (Å²) >= 11 is 0. The van der Waals surface area contributed by atoms with Gasteiger partial charge < -0.3 is 0 Å². The van der Waals surface area contributed by atoms with Crippen molar-refractivity contribution in [3.8, 4) is 0 Å². The maximum absolute atomic E-state index is 13.4. The van der Waals surface area contributed by atoms with Gasteiger partial charge in [-0.25, -0.2) is 9.07 Å². The third-order valence-electron chi connectivity index (χ3n) is 5.37. The van der Waals surface area contributed by atoms with Crippen molar-refractivity contribution in [3.63, 3.8) is 0 Å². The van der Waals surface area contributed by atoms with Gasteiger partial charge in [0.25, 0.3) is 0 Å². The lowest BCUT2D eigenvalue weighted by molar-refractivity contribution is 0.244. The first kappa shape index (κ1) is 18.3. The van der Waals surface area contributed by atoms with Gasteiger partial charge >= 0.3 is 0 Å². The Labute approximate surface area is 154 Å². The van der Waals surface area contributed by atoms with E-state index in [0.29, 0.717) is 6.04 Å². The molecule has 1 aliphatic heterocycles. The van der Waals surface area contributed by atoms with Crippen LogP contribution in [0.4, 0.5) is 4.39 Å². The summed E-state index contributed by atoms with van der Waals surface area (Å²) in [6.07, 6.45) is 8.49. The number of hydrogen-bond acceptors (Lipinski definition) is 4. The third-order valence-corrected chi connectivity index (χ3v) is 5.37. The van der Waals surface area contributed by atoms with E-state index in [-0.39, 0.29) is 24.3 Å². The molecule has 7 heteroatoms. The van der Waals surface area contributed by atoms with Crippen molar-refractivity contribution in [3.05, 3.63) is 41.5 Å². The molecule has 136 valence electrons. The molecule has 0 amide bonds. The number of benzene rings is 1. The molecule has 1 aromatic heterocycles. The van der Waals surface area contributed by atoms with Crippen molar-refractivity contribution < 1.29 is 4.39 Å². The van der Waals surface area contributed by atoms with E-state index in [1.165, 1.54) is 44.2 Å². The molecule has 1 saturated carbocycles. The molecular weight excluding hydrogens is 341 g/mol. The van der Waals surface area contributed by atoms with Crippen molar-refractivity contribution in [2.45, 2.75) is 57.0 Å². The second kappa shape index (κ2) is 8.23. The smallest absolute Gasteiger partial charge is 0.173 e. The normalized spacial score (nSPS) is 20.4. The number of hydrogen-bond donors (Lipinski definition) is 0. The summed E-state index contributed by atoms with van der Waals surface area (Å²) in [5, 5.41) is 12.7. The van der Waals surface area contributed by atoms with E-state index in [1.807, 2.05) is 16.8 Å². The van der Waals surface area contributed by atoms with E-state index in [0.717, 1.165) is 37.3 Å². The molecule has 0 radical (unpaired) electrons. The minimum Gasteiger partial charge on any atom is -0.290 e. The zero-order valence-electron chi connectivity index (χ0n) is 14.4. The van der Waals surface area contributed by atoms with Crippen molar-refractivity contribution in [2.24, 2.45) is 0 Å². The topological polar surface area (TPSA) is 46.8 Å². The lowest BCUT2D eigenvalue weighted by Crippen LogP contribution is -2.30. The fraction of sp³-hybridized carbons (Fsp3) is 0.611. The Balaban J connectivity index is 0.00000182. The second-order valence-corrected chi connectivity index (χ2v) is 6.97. The molecule has 1 atom stereocenters. The number of aromatic nitrogens is 4. The molecule has 2 fully saturated rings. The standard InChI is InChI=1S/C18H24FN5.ClH/c19-15-10-8-14(9-11-15)17(23-12-4-5-13-23)18-20-21-22-24(18)16-6-2-1-3-7-16;/h8-11,16-17H,1-7,12-13H2;1H. The Morgan fingerprint density at radius 1 is 0.960 bits per heavy atom. The van der Waals surface area contributed by atoms with Crippen LogP contribution in [0.2, 0.25) is 0 Å². The van der Waals surface area contributed by atoms with Crippen LogP contribution >= 0.6 is 12.4 Å². The zero-order valence-corrected chi connectivity index (χ0v) is 15.2. The van der Waals surface area contributed by atoms with Crippen molar-refractivity contribution >= 4 is 12.4 Å². The van der Waals surface area contributed by atoms with Crippen LogP contribution < -0.4 is 0 Å². The lowest BCUT2D eigenvalue weighted by Gasteiger charge is -2.29. The Kier molecular flexibility index (Phi) is 6.02. The quantitative estimate of drug-likeness (QED) is 0.823. The predicted octanol–water partition coefficient (Wildman–Crippen LogP) is 3.92. The first-order valence-electron chi connectivity index (χ1n) is 9.10. The summed E-state index contributed by atoms with van der Waals surface area (Å²) in [7, 11) is 0. The third kappa shape index (κ3) is 3.85. The van der Waals surface area contributed by atoms with Crippen LogP contribution in [0.25, 0.3) is 0 Å². The van der Waals surface area contributed by atoms with E-state index in [2.05, 4.69) is 20.4 Å². The summed E-state index contributed by atoms with van der Waals surface area (Å²) < 4.78 is 15.4. The van der Waals surface area contributed by atoms with Crippen LogP contribution in [0.15, 0.2) is 24.3 Å². The minimum atomic E-state index is -0.203. The Bertz CT molecular complexity index is 662. The van der Waals surface area contributed by atoms with E-state index in [4.69, 9.17) is 0 Å². The molecule has 4 rings (SSSR count). The molecule has 5 nitrogen and oxygen atoms in total. The zero-order chi connectivity index (χ0) is 16.4. The molecule has 0 spiro atoms. The van der Waals surface area contributed by atoms with Gasteiger partial charge in [-0.05, 0) is 66.9 Å². The van der Waals surface area contributed by atoms with Crippen molar-refractivity contribution in [1.29, 1.82) is 0 Å². The molecule has 25 heavy (non-hydrogen) atoms. The van der Waals surface area contributed by atoms with Crippen molar-refractivity contribution in [2.75, 3.05) is 13.1 Å². The first-order valence-corrected chi connectivity index (χ1v) is 9.10. The second-order valence-electron chi connectivity index (χ2n) is 6.97. The summed E-state index contributed by atoms with van der Waals surface area (Å²) in [5.74, 6) is 0.709. The highest BCUT2D eigenvalue weighted by atomic mass is 35.5. The summed E-state index contributed by atoms with van der Waals surface area (Å²) in [6, 6.07) is 7.23. The number of nitrogens with zero attached hydrogens (tertiary/aromatic N) is 5. The van der Waals surface area contributed by atoms with Crippen molar-refractivity contribution in [1.82, 2.24) is 25.1 Å². The van der Waals surface area contributed by atoms with Gasteiger partial charge in [0.05, 0.1) is 12.1 Å². The molecule has 0 N–H and O–H groups in total. The Morgan fingerprint density at radius 3 is 2.32 bits per heavy atom. The van der Waals surface area contributed by atoms with Crippen LogP contribution in [-0.4, -0.2) is 38.2 Å². The number of rotatable bonds is 4. The molecule has 1 unspecified atom stereocenters. The molecule has 1 saturated heterocycles. The predicted molar refractivity (Wildman–Crippen MR) is 96.2 cm³/mol. The largest absolute Gasteiger partial charge is 0.290 e. The first-order chi connectivity index (χ1) is 11.8. The van der Waals surface area contributed by atoms with Gasteiger partial charge in [-0.3, -0.25) is 4.90 Å². The van der Waals surface area contributed by atoms with Crippen LogP contribution in [-0.2, 0) is 0 Å². The van der Waals surface area contributed by atoms with E-state index >= 15 is 0 Å². The highest BCUT2D eigenvalue weighted by molar-refractivity contribution is 5.85. The van der Waals surface area contributed by atoms with E-state index in [1.54, 1.807) is 0 Å². The van der Waals surface area contributed by atoms with Crippen LogP contribution in [0.1, 0.15) is 68.4 Å². The number of halogens is 2. The molecule has 1 aliphatic carbocycles. The fourth-order valence-corrected chi connectivity index (χ4v) is 4.13.